The molecule has 156 valence electrons. The van der Waals surface area contributed by atoms with Crippen LogP contribution in [0.25, 0.3) is 0 Å². The number of carbonyl (C=O) groups excluding carboxylic acids is 1. The van der Waals surface area contributed by atoms with Gasteiger partial charge in [-0.3, -0.25) is 4.79 Å². The number of terminal acetylenes is 1. The van der Waals surface area contributed by atoms with Gasteiger partial charge in [-0.15, -0.1) is 30.4 Å². The third-order valence-corrected chi connectivity index (χ3v) is 4.08. The normalized spacial score (nSPS) is 10.6. The predicted molar refractivity (Wildman–Crippen MR) is 126 cm³/mol. The molecule has 0 aliphatic carbocycles. The lowest BCUT2D eigenvalue weighted by Gasteiger charge is -2.12. The number of halogens is 1. The number of hydrogen-bond donors (Lipinski definition) is 3. The molecule has 0 bridgehead atoms. The second kappa shape index (κ2) is 12.8. The fourth-order valence-electron chi connectivity index (χ4n) is 2.67. The summed E-state index contributed by atoms with van der Waals surface area (Å²) in [5.74, 6) is 3.77. The maximum absolute atomic E-state index is 12.2. The van der Waals surface area contributed by atoms with E-state index in [0.717, 1.165) is 29.9 Å². The minimum absolute atomic E-state index is 0. The average molecular weight is 509 g/mol. The van der Waals surface area contributed by atoms with Crippen LogP contribution in [-0.2, 0) is 24.2 Å². The van der Waals surface area contributed by atoms with Crippen LogP contribution in [0.15, 0.2) is 33.8 Å². The summed E-state index contributed by atoms with van der Waals surface area (Å²) in [6, 6.07) is 7.16. The van der Waals surface area contributed by atoms with Crippen molar-refractivity contribution in [3.8, 4) is 12.3 Å². The molecule has 0 aliphatic rings. The zero-order chi connectivity index (χ0) is 20.4. The molecule has 0 saturated heterocycles. The van der Waals surface area contributed by atoms with Gasteiger partial charge in [-0.05, 0) is 31.5 Å². The number of nitrogens with zero attached hydrogens (tertiary/aromatic N) is 2. The number of anilines is 1. The van der Waals surface area contributed by atoms with Crippen LogP contribution in [0.5, 0.6) is 0 Å². The van der Waals surface area contributed by atoms with E-state index in [-0.39, 0.29) is 36.4 Å². The fraction of sp³-hybridized carbons (Fsp3) is 0.381. The lowest BCUT2D eigenvalue weighted by molar-refractivity contribution is -0.115. The van der Waals surface area contributed by atoms with Crippen LogP contribution in [0.3, 0.4) is 0 Å². The Labute approximate surface area is 189 Å². The molecule has 7 nitrogen and oxygen atoms in total. The Morgan fingerprint density at radius 3 is 2.69 bits per heavy atom. The van der Waals surface area contributed by atoms with Crippen LogP contribution in [0, 0.1) is 12.3 Å². The van der Waals surface area contributed by atoms with Gasteiger partial charge in [0.1, 0.15) is 5.76 Å². The number of rotatable bonds is 8. The number of aliphatic imine (C=N–C) groups is 1. The topological polar surface area (TPSA) is 91.5 Å². The first-order chi connectivity index (χ1) is 13.6. The van der Waals surface area contributed by atoms with E-state index in [1.165, 1.54) is 0 Å². The van der Waals surface area contributed by atoms with E-state index in [1.807, 2.05) is 26.8 Å². The monoisotopic (exact) mass is 509 g/mol. The summed E-state index contributed by atoms with van der Waals surface area (Å²) >= 11 is 0. The highest BCUT2D eigenvalue weighted by molar-refractivity contribution is 14.0. The largest absolute Gasteiger partial charge is 0.361 e. The van der Waals surface area contributed by atoms with Crippen molar-refractivity contribution in [1.29, 1.82) is 0 Å². The number of carbonyl (C=O) groups is 1. The van der Waals surface area contributed by atoms with Crippen LogP contribution in [-0.4, -0.2) is 30.1 Å². The van der Waals surface area contributed by atoms with Gasteiger partial charge in [0.2, 0.25) is 5.91 Å². The zero-order valence-corrected chi connectivity index (χ0v) is 19.4. The quantitative estimate of drug-likeness (QED) is 0.220. The summed E-state index contributed by atoms with van der Waals surface area (Å²) in [4.78, 5) is 16.8. The third-order valence-electron chi connectivity index (χ3n) is 4.08. The molecule has 2 rings (SSSR count). The molecule has 29 heavy (non-hydrogen) atoms. The molecule has 8 heteroatoms. The van der Waals surface area contributed by atoms with Gasteiger partial charge in [0, 0.05) is 29.8 Å². The molecule has 1 amide bonds. The number of amides is 1. The molecule has 0 unspecified atom stereocenters. The van der Waals surface area contributed by atoms with Gasteiger partial charge in [0.05, 0.1) is 18.8 Å². The Bertz CT molecular complexity index is 849. The minimum Gasteiger partial charge on any atom is -0.361 e. The molecule has 3 N–H and O–H groups in total. The van der Waals surface area contributed by atoms with Gasteiger partial charge in [-0.1, -0.05) is 31.0 Å². The van der Waals surface area contributed by atoms with Crippen molar-refractivity contribution in [2.75, 3.05) is 18.4 Å². The van der Waals surface area contributed by atoms with Crippen LogP contribution >= 0.6 is 24.0 Å². The summed E-state index contributed by atoms with van der Waals surface area (Å²) in [6.07, 6.45) is 6.94. The van der Waals surface area contributed by atoms with Crippen molar-refractivity contribution in [1.82, 2.24) is 15.8 Å². The lowest BCUT2D eigenvalue weighted by Crippen LogP contribution is -2.41. The second-order valence-corrected chi connectivity index (χ2v) is 6.06. The van der Waals surface area contributed by atoms with Crippen LogP contribution in [0.2, 0.25) is 0 Å². The van der Waals surface area contributed by atoms with E-state index in [2.05, 4.69) is 32.0 Å². The highest BCUT2D eigenvalue weighted by Gasteiger charge is 2.13. The minimum atomic E-state index is -0.187. The zero-order valence-electron chi connectivity index (χ0n) is 17.0. The molecule has 0 atom stereocenters. The van der Waals surface area contributed by atoms with Crippen LogP contribution in [0.1, 0.15) is 43.4 Å². The molecule has 0 aliphatic heterocycles. The first kappa shape index (κ1) is 24.5. The highest BCUT2D eigenvalue weighted by Crippen LogP contribution is 2.16. The van der Waals surface area contributed by atoms with Gasteiger partial charge in [0.15, 0.2) is 5.96 Å². The standard InChI is InChI=1S/C21H27N5O2.HI/c1-5-15-10-9-11-16(12-15)25-20(27)14-24-21(22-8-4)23-13-17-18(6-2)26-28-19(17)7-3;/h1,9-12H,6-8,13-14H2,2-4H3,(H,25,27)(H2,22,23,24);1H. The smallest absolute Gasteiger partial charge is 0.243 e. The van der Waals surface area contributed by atoms with Crippen molar-refractivity contribution in [2.24, 2.45) is 4.99 Å². The van der Waals surface area contributed by atoms with E-state index >= 15 is 0 Å². The maximum atomic E-state index is 12.2. The van der Waals surface area contributed by atoms with Crippen molar-refractivity contribution in [3.05, 3.63) is 46.8 Å². The first-order valence-electron chi connectivity index (χ1n) is 9.46. The van der Waals surface area contributed by atoms with E-state index < -0.39 is 0 Å². The molecule has 0 fully saturated rings. The third kappa shape index (κ3) is 7.42. The predicted octanol–water partition coefficient (Wildman–Crippen LogP) is 3.09. The Kier molecular flexibility index (Phi) is 10.8. The van der Waals surface area contributed by atoms with Gasteiger partial charge >= 0.3 is 0 Å². The Morgan fingerprint density at radius 2 is 2.03 bits per heavy atom. The van der Waals surface area contributed by atoms with Gasteiger partial charge < -0.3 is 20.5 Å². The second-order valence-electron chi connectivity index (χ2n) is 6.06. The summed E-state index contributed by atoms with van der Waals surface area (Å²) < 4.78 is 5.37. The summed E-state index contributed by atoms with van der Waals surface area (Å²) in [5.41, 5.74) is 3.31. The molecular formula is C21H28IN5O2. The van der Waals surface area contributed by atoms with Crippen molar-refractivity contribution >= 4 is 41.5 Å². The molecule has 0 saturated carbocycles. The number of aryl methyl sites for hydroxylation is 2. The maximum Gasteiger partial charge on any atom is 0.243 e. The Balaban J connectivity index is 0.00000420. The van der Waals surface area contributed by atoms with E-state index in [4.69, 9.17) is 10.9 Å². The SMILES string of the molecule is C#Cc1cccc(NC(=O)CNC(=NCc2c(CC)noc2CC)NCC)c1.I. The van der Waals surface area contributed by atoms with Gasteiger partial charge in [-0.25, -0.2) is 4.99 Å². The fourth-order valence-corrected chi connectivity index (χ4v) is 2.67. The summed E-state index contributed by atoms with van der Waals surface area (Å²) in [6.45, 7) is 7.23. The molecular weight excluding hydrogens is 481 g/mol. The first-order valence-corrected chi connectivity index (χ1v) is 9.46. The molecule has 0 spiro atoms. The lowest BCUT2D eigenvalue weighted by atomic mass is 10.1. The molecule has 2 aromatic rings. The van der Waals surface area contributed by atoms with E-state index in [9.17, 15) is 4.79 Å². The van der Waals surface area contributed by atoms with Gasteiger partial charge in [0.25, 0.3) is 0 Å². The summed E-state index contributed by atoms with van der Waals surface area (Å²) in [5, 5.41) is 13.1. The number of hydrogen-bond acceptors (Lipinski definition) is 4. The van der Waals surface area contributed by atoms with Crippen LogP contribution in [0.4, 0.5) is 5.69 Å². The summed E-state index contributed by atoms with van der Waals surface area (Å²) in [7, 11) is 0. The number of benzene rings is 1. The van der Waals surface area contributed by atoms with Crippen molar-refractivity contribution < 1.29 is 9.32 Å². The Morgan fingerprint density at radius 1 is 1.24 bits per heavy atom. The Hall–Kier alpha value is -2.54. The molecule has 1 aromatic heterocycles. The van der Waals surface area contributed by atoms with Gasteiger partial charge in [-0.2, -0.15) is 0 Å². The number of nitrogens with one attached hydrogen (secondary N) is 3. The van der Waals surface area contributed by atoms with E-state index in [0.29, 0.717) is 30.3 Å². The molecule has 1 aromatic carbocycles. The number of guanidine groups is 1. The number of aromatic nitrogens is 1. The molecule has 1 heterocycles. The van der Waals surface area contributed by atoms with Crippen LogP contribution < -0.4 is 16.0 Å². The van der Waals surface area contributed by atoms with Crippen molar-refractivity contribution in [2.45, 2.75) is 40.2 Å². The van der Waals surface area contributed by atoms with E-state index in [1.54, 1.807) is 18.2 Å². The average Bonchev–Trinajstić information content (AvgIpc) is 3.12. The molecule has 0 radical (unpaired) electrons. The van der Waals surface area contributed by atoms with Crippen molar-refractivity contribution in [3.63, 3.8) is 0 Å². The highest BCUT2D eigenvalue weighted by atomic mass is 127.